The Bertz CT molecular complexity index is 1200. The molecule has 0 radical (unpaired) electrons. The van der Waals surface area contributed by atoms with Gasteiger partial charge in [-0.3, -0.25) is 28.9 Å². The molecule has 3 aliphatic rings. The third-order valence-corrected chi connectivity index (χ3v) is 9.68. The zero-order chi connectivity index (χ0) is 33.3. The Hall–Kier alpha value is -3.15. The standard InChI is InChI=1S/C35H51N3O8/c1-23(2)19-28(30(41)35(21-40)22-46-35)36-32(43)29(20-39)37-31(42)25(24-13-8-9-14-24)15-7-5-3-4-6-12-18-38-33(44)26-16-10-11-17-27(26)34(38)45/h10-11,16-17,23-25,28-29,39-40H,3-9,12-15,18-22H2,1-2H3,(H,36,43)(H,37,42)/t25?,28-,29+,35-/m1/s1. The Morgan fingerprint density at radius 3 is 2.00 bits per heavy atom. The van der Waals surface area contributed by atoms with Crippen LogP contribution in [0.2, 0.25) is 0 Å². The molecule has 46 heavy (non-hydrogen) atoms. The second kappa shape index (κ2) is 16.6. The van der Waals surface area contributed by atoms with Crippen LogP contribution in [0.15, 0.2) is 24.3 Å². The molecule has 1 aromatic carbocycles. The van der Waals surface area contributed by atoms with Crippen molar-refractivity contribution >= 4 is 29.4 Å². The van der Waals surface area contributed by atoms with Gasteiger partial charge in [0.1, 0.15) is 6.04 Å². The topological polar surface area (TPSA) is 166 Å². The number of amides is 4. The number of carbonyl (C=O) groups excluding carboxylic acids is 5. The molecular formula is C35H51N3O8. The molecule has 0 bridgehead atoms. The third kappa shape index (κ3) is 8.80. The molecule has 1 saturated heterocycles. The number of carbonyl (C=O) groups is 5. The number of imide groups is 1. The van der Waals surface area contributed by atoms with Gasteiger partial charge in [0.2, 0.25) is 11.8 Å². The lowest BCUT2D eigenvalue weighted by molar-refractivity contribution is -0.136. The zero-order valence-corrected chi connectivity index (χ0v) is 27.3. The number of benzene rings is 1. The number of hydrogen-bond donors (Lipinski definition) is 4. The fourth-order valence-electron chi connectivity index (χ4n) is 6.89. The normalized spacial score (nSPS) is 21.3. The van der Waals surface area contributed by atoms with Crippen molar-refractivity contribution in [2.45, 2.75) is 109 Å². The molecule has 0 spiro atoms. The lowest BCUT2D eigenvalue weighted by Gasteiger charge is -2.27. The van der Waals surface area contributed by atoms with E-state index < -0.39 is 42.6 Å². The van der Waals surface area contributed by atoms with Gasteiger partial charge in [0.15, 0.2) is 11.4 Å². The largest absolute Gasteiger partial charge is 0.394 e. The van der Waals surface area contributed by atoms with E-state index in [9.17, 15) is 34.2 Å². The van der Waals surface area contributed by atoms with Crippen molar-refractivity contribution in [2.75, 3.05) is 26.4 Å². The number of unbranched alkanes of at least 4 members (excludes halogenated alkanes) is 5. The predicted octanol–water partition coefficient (Wildman–Crippen LogP) is 3.16. The van der Waals surface area contributed by atoms with Gasteiger partial charge >= 0.3 is 0 Å². The molecule has 2 heterocycles. The van der Waals surface area contributed by atoms with Crippen molar-refractivity contribution in [1.82, 2.24) is 15.5 Å². The Morgan fingerprint density at radius 1 is 0.891 bits per heavy atom. The number of ketones is 1. The number of epoxide rings is 1. The summed E-state index contributed by atoms with van der Waals surface area (Å²) < 4.78 is 5.21. The van der Waals surface area contributed by atoms with Crippen molar-refractivity contribution < 1.29 is 38.9 Å². The molecule has 2 aliphatic heterocycles. The highest BCUT2D eigenvalue weighted by Crippen LogP contribution is 2.35. The summed E-state index contributed by atoms with van der Waals surface area (Å²) in [6.07, 6.45) is 10.5. The maximum absolute atomic E-state index is 13.5. The first-order valence-corrected chi connectivity index (χ1v) is 17.1. The van der Waals surface area contributed by atoms with E-state index >= 15 is 0 Å². The number of hydrogen-bond acceptors (Lipinski definition) is 8. The van der Waals surface area contributed by atoms with Crippen LogP contribution in [-0.4, -0.2) is 88.6 Å². The summed E-state index contributed by atoms with van der Waals surface area (Å²) in [6.45, 7) is 3.29. The van der Waals surface area contributed by atoms with Gasteiger partial charge in [-0.25, -0.2) is 0 Å². The minimum Gasteiger partial charge on any atom is -0.394 e. The van der Waals surface area contributed by atoms with E-state index in [-0.39, 0.29) is 42.1 Å². The maximum Gasteiger partial charge on any atom is 0.261 e. The summed E-state index contributed by atoms with van der Waals surface area (Å²) in [5.74, 6) is -1.66. The molecule has 1 aliphatic carbocycles. The summed E-state index contributed by atoms with van der Waals surface area (Å²) >= 11 is 0. The number of fused-ring (bicyclic) bond motifs is 1. The molecule has 1 aromatic rings. The van der Waals surface area contributed by atoms with Gasteiger partial charge in [-0.1, -0.05) is 70.9 Å². The van der Waals surface area contributed by atoms with Gasteiger partial charge in [0.25, 0.3) is 11.8 Å². The minimum atomic E-state index is -1.28. The van der Waals surface area contributed by atoms with Crippen molar-refractivity contribution in [1.29, 1.82) is 0 Å². The van der Waals surface area contributed by atoms with Crippen LogP contribution in [0.5, 0.6) is 0 Å². The molecule has 1 saturated carbocycles. The Morgan fingerprint density at radius 2 is 1.46 bits per heavy atom. The van der Waals surface area contributed by atoms with Crippen LogP contribution in [-0.2, 0) is 19.1 Å². The second-order valence-corrected chi connectivity index (χ2v) is 13.6. The molecule has 254 valence electrons. The highest BCUT2D eigenvalue weighted by molar-refractivity contribution is 6.21. The zero-order valence-electron chi connectivity index (χ0n) is 27.3. The van der Waals surface area contributed by atoms with E-state index in [2.05, 4.69) is 10.6 Å². The van der Waals surface area contributed by atoms with Crippen LogP contribution >= 0.6 is 0 Å². The summed E-state index contributed by atoms with van der Waals surface area (Å²) in [4.78, 5) is 66.1. The average molecular weight is 642 g/mol. The monoisotopic (exact) mass is 641 g/mol. The van der Waals surface area contributed by atoms with Gasteiger partial charge in [-0.05, 0) is 56.1 Å². The molecule has 4 N–H and O–H groups in total. The molecule has 1 unspecified atom stereocenters. The van der Waals surface area contributed by atoms with E-state index in [1.165, 1.54) is 4.90 Å². The molecule has 4 amide bonds. The van der Waals surface area contributed by atoms with Gasteiger partial charge < -0.3 is 25.6 Å². The van der Waals surface area contributed by atoms with E-state index in [4.69, 9.17) is 4.74 Å². The van der Waals surface area contributed by atoms with E-state index in [1.807, 2.05) is 13.8 Å². The number of aliphatic hydroxyl groups is 2. The van der Waals surface area contributed by atoms with Crippen LogP contribution < -0.4 is 10.6 Å². The van der Waals surface area contributed by atoms with Crippen LogP contribution in [0.25, 0.3) is 0 Å². The molecular weight excluding hydrogens is 590 g/mol. The van der Waals surface area contributed by atoms with Crippen LogP contribution in [0.1, 0.15) is 112 Å². The third-order valence-electron chi connectivity index (χ3n) is 9.68. The SMILES string of the molecule is CC(C)C[C@@H](NC(=O)[C@H](CO)NC(=O)C(CCCCCCCCN1C(=O)c2ccccc2C1=O)C1CCCC1)C(=O)[C@@]1(CO)CO1. The van der Waals surface area contributed by atoms with E-state index in [0.29, 0.717) is 30.5 Å². The molecule has 0 aromatic heterocycles. The highest BCUT2D eigenvalue weighted by Gasteiger charge is 2.54. The highest BCUT2D eigenvalue weighted by atomic mass is 16.6. The average Bonchev–Trinajstić information content (AvgIpc) is 3.59. The number of Topliss-reactive ketones (excluding diaryl/α,β-unsaturated/α-hetero) is 1. The first-order valence-electron chi connectivity index (χ1n) is 17.1. The number of ether oxygens (including phenoxy) is 1. The van der Waals surface area contributed by atoms with Crippen LogP contribution in [0, 0.1) is 17.8 Å². The Labute approximate surface area is 271 Å². The fourth-order valence-corrected chi connectivity index (χ4v) is 6.89. The maximum atomic E-state index is 13.5. The molecule has 4 rings (SSSR count). The quantitative estimate of drug-likeness (QED) is 0.0958. The van der Waals surface area contributed by atoms with Gasteiger partial charge in [-0.2, -0.15) is 0 Å². The summed E-state index contributed by atoms with van der Waals surface area (Å²) in [7, 11) is 0. The second-order valence-electron chi connectivity index (χ2n) is 13.6. The first-order chi connectivity index (χ1) is 22.1. The molecule has 2 fully saturated rings. The number of nitrogens with zero attached hydrogens (tertiary/aromatic N) is 1. The van der Waals surface area contributed by atoms with Gasteiger partial charge in [0.05, 0.1) is 37.0 Å². The smallest absolute Gasteiger partial charge is 0.261 e. The number of rotatable bonds is 20. The molecule has 11 nitrogen and oxygen atoms in total. The van der Waals surface area contributed by atoms with Crippen LogP contribution in [0.3, 0.4) is 0 Å². The summed E-state index contributed by atoms with van der Waals surface area (Å²) in [5.41, 5.74) is -0.328. The number of nitrogens with one attached hydrogen (secondary N) is 2. The summed E-state index contributed by atoms with van der Waals surface area (Å²) in [5, 5.41) is 25.1. The van der Waals surface area contributed by atoms with Crippen molar-refractivity contribution in [3.63, 3.8) is 0 Å². The molecule has 4 atom stereocenters. The lowest BCUT2D eigenvalue weighted by atomic mass is 9.85. The van der Waals surface area contributed by atoms with Crippen molar-refractivity contribution in [2.24, 2.45) is 17.8 Å². The Kier molecular flexibility index (Phi) is 12.9. The van der Waals surface area contributed by atoms with E-state index in [0.717, 1.165) is 64.2 Å². The van der Waals surface area contributed by atoms with E-state index in [1.54, 1.807) is 24.3 Å². The van der Waals surface area contributed by atoms with Gasteiger partial charge in [-0.15, -0.1) is 0 Å². The number of aliphatic hydroxyl groups excluding tert-OH is 2. The Balaban J connectivity index is 1.21. The predicted molar refractivity (Wildman–Crippen MR) is 171 cm³/mol. The fraction of sp³-hybridized carbons (Fsp3) is 0.686. The minimum absolute atomic E-state index is 0.0778. The van der Waals surface area contributed by atoms with Crippen LogP contribution in [0.4, 0.5) is 0 Å². The van der Waals surface area contributed by atoms with Crippen molar-refractivity contribution in [3.8, 4) is 0 Å². The first kappa shape index (κ1) is 35.7. The lowest BCUT2D eigenvalue weighted by Crippen LogP contribution is -2.56. The molecule has 11 heteroatoms. The van der Waals surface area contributed by atoms with Gasteiger partial charge in [0, 0.05) is 12.5 Å². The summed E-state index contributed by atoms with van der Waals surface area (Å²) in [6, 6.07) is 4.83. The van der Waals surface area contributed by atoms with Crippen molar-refractivity contribution in [3.05, 3.63) is 35.4 Å².